The van der Waals surface area contributed by atoms with Crippen molar-refractivity contribution in [2.45, 2.75) is 6.92 Å². The van der Waals surface area contributed by atoms with Gasteiger partial charge in [-0.3, -0.25) is 0 Å². The summed E-state index contributed by atoms with van der Waals surface area (Å²) in [5.41, 5.74) is 6.44. The number of hydrogen-bond donors (Lipinski definition) is 1. The number of rotatable bonds is 4. The minimum atomic E-state index is 0.594. The van der Waals surface area contributed by atoms with Gasteiger partial charge < -0.3 is 10.5 Å². The van der Waals surface area contributed by atoms with Gasteiger partial charge in [0.1, 0.15) is 0 Å². The lowest BCUT2D eigenvalue weighted by molar-refractivity contribution is 0.226. The average molecular weight is 141 g/mol. The van der Waals surface area contributed by atoms with Gasteiger partial charge in [0.15, 0.2) is 0 Å². The molecule has 0 fully saturated rings. The molecular formula is C8H15NO. The van der Waals surface area contributed by atoms with Crippen LogP contribution in [0.1, 0.15) is 6.92 Å². The summed E-state index contributed by atoms with van der Waals surface area (Å²) in [6.07, 6.45) is 5.84. The smallest absolute Gasteiger partial charge is 0.0673 e. The Morgan fingerprint density at radius 2 is 2.30 bits per heavy atom. The van der Waals surface area contributed by atoms with Crippen LogP contribution in [0.5, 0.6) is 0 Å². The van der Waals surface area contributed by atoms with Gasteiger partial charge in [-0.05, 0) is 12.5 Å². The third-order valence-electron chi connectivity index (χ3n) is 1.02. The molecule has 0 radical (unpaired) electrons. The van der Waals surface area contributed by atoms with Crippen molar-refractivity contribution >= 4 is 0 Å². The summed E-state index contributed by atoms with van der Waals surface area (Å²) in [7, 11) is 1.68. The fraction of sp³-hybridized carbons (Fsp3) is 0.500. The highest BCUT2D eigenvalue weighted by Crippen LogP contribution is 1.91. The van der Waals surface area contributed by atoms with Crippen molar-refractivity contribution < 1.29 is 4.74 Å². The second-order valence-corrected chi connectivity index (χ2v) is 2.11. The number of hydrogen-bond acceptors (Lipinski definition) is 2. The molecule has 0 saturated carbocycles. The highest BCUT2D eigenvalue weighted by molar-refractivity contribution is 5.10. The SMILES string of the molecule is COC/C(C)=C/C=C\CN. The zero-order valence-corrected chi connectivity index (χ0v) is 6.63. The topological polar surface area (TPSA) is 35.2 Å². The van der Waals surface area contributed by atoms with Gasteiger partial charge >= 0.3 is 0 Å². The first-order chi connectivity index (χ1) is 4.81. The molecule has 0 rings (SSSR count). The molecule has 0 aliphatic rings. The van der Waals surface area contributed by atoms with E-state index < -0.39 is 0 Å². The Labute approximate surface area is 62.4 Å². The number of methoxy groups -OCH3 is 1. The Balaban J connectivity index is 3.56. The van der Waals surface area contributed by atoms with Gasteiger partial charge in [0.25, 0.3) is 0 Å². The first-order valence-electron chi connectivity index (χ1n) is 3.32. The molecule has 0 aliphatic heterocycles. The maximum atomic E-state index is 5.24. The number of allylic oxidation sites excluding steroid dienone is 2. The molecule has 0 bridgehead atoms. The highest BCUT2D eigenvalue weighted by Gasteiger charge is 1.81. The Kier molecular flexibility index (Phi) is 6.13. The molecular weight excluding hydrogens is 126 g/mol. The van der Waals surface area contributed by atoms with Gasteiger partial charge in [-0.1, -0.05) is 18.2 Å². The van der Waals surface area contributed by atoms with E-state index in [1.165, 1.54) is 5.57 Å². The van der Waals surface area contributed by atoms with Gasteiger partial charge in [0, 0.05) is 13.7 Å². The van der Waals surface area contributed by atoms with Crippen LogP contribution in [0.25, 0.3) is 0 Å². The molecule has 2 nitrogen and oxygen atoms in total. The number of ether oxygens (including phenoxy) is 1. The largest absolute Gasteiger partial charge is 0.380 e. The lowest BCUT2D eigenvalue weighted by Gasteiger charge is -1.94. The predicted molar refractivity (Wildman–Crippen MR) is 43.8 cm³/mol. The minimum absolute atomic E-state index is 0.594. The van der Waals surface area contributed by atoms with Crippen molar-refractivity contribution in [3.05, 3.63) is 23.8 Å². The van der Waals surface area contributed by atoms with Crippen molar-refractivity contribution in [1.82, 2.24) is 0 Å². The van der Waals surface area contributed by atoms with Crippen LogP contribution in [-0.4, -0.2) is 20.3 Å². The summed E-state index contributed by atoms with van der Waals surface area (Å²) in [6, 6.07) is 0. The van der Waals surface area contributed by atoms with Crippen LogP contribution in [0, 0.1) is 0 Å². The summed E-state index contributed by atoms with van der Waals surface area (Å²) in [6.45, 7) is 3.30. The van der Waals surface area contributed by atoms with Crippen LogP contribution >= 0.6 is 0 Å². The van der Waals surface area contributed by atoms with E-state index in [2.05, 4.69) is 0 Å². The zero-order valence-electron chi connectivity index (χ0n) is 6.63. The van der Waals surface area contributed by atoms with Crippen molar-refractivity contribution in [3.8, 4) is 0 Å². The highest BCUT2D eigenvalue weighted by atomic mass is 16.5. The van der Waals surface area contributed by atoms with Gasteiger partial charge in [-0.15, -0.1) is 0 Å². The molecule has 10 heavy (non-hydrogen) atoms. The van der Waals surface area contributed by atoms with E-state index in [1.54, 1.807) is 7.11 Å². The first kappa shape index (κ1) is 9.40. The summed E-state index contributed by atoms with van der Waals surface area (Å²) in [5.74, 6) is 0. The minimum Gasteiger partial charge on any atom is -0.380 e. The summed E-state index contributed by atoms with van der Waals surface area (Å²) in [5, 5.41) is 0. The van der Waals surface area contributed by atoms with E-state index in [1.807, 2.05) is 25.2 Å². The van der Waals surface area contributed by atoms with Crippen molar-refractivity contribution in [2.24, 2.45) is 5.73 Å². The van der Waals surface area contributed by atoms with Crippen LogP contribution < -0.4 is 5.73 Å². The summed E-state index contributed by atoms with van der Waals surface area (Å²) in [4.78, 5) is 0. The zero-order chi connectivity index (χ0) is 7.82. The van der Waals surface area contributed by atoms with E-state index >= 15 is 0 Å². The molecule has 2 heteroatoms. The molecule has 2 N–H and O–H groups in total. The Hall–Kier alpha value is -0.600. The van der Waals surface area contributed by atoms with E-state index in [-0.39, 0.29) is 0 Å². The van der Waals surface area contributed by atoms with Crippen molar-refractivity contribution in [1.29, 1.82) is 0 Å². The van der Waals surface area contributed by atoms with Crippen LogP contribution in [0.4, 0.5) is 0 Å². The molecule has 0 atom stereocenters. The van der Waals surface area contributed by atoms with Gasteiger partial charge in [-0.25, -0.2) is 0 Å². The monoisotopic (exact) mass is 141 g/mol. The first-order valence-corrected chi connectivity index (χ1v) is 3.32. The van der Waals surface area contributed by atoms with E-state index in [4.69, 9.17) is 10.5 Å². The molecule has 0 amide bonds. The third-order valence-corrected chi connectivity index (χ3v) is 1.02. The van der Waals surface area contributed by atoms with Crippen LogP contribution in [-0.2, 0) is 4.74 Å². The fourth-order valence-corrected chi connectivity index (χ4v) is 0.587. The Bertz CT molecular complexity index is 127. The van der Waals surface area contributed by atoms with E-state index in [0.29, 0.717) is 13.2 Å². The van der Waals surface area contributed by atoms with Crippen LogP contribution in [0.15, 0.2) is 23.8 Å². The predicted octanol–water partition coefficient (Wildman–Crippen LogP) is 1.09. The lowest BCUT2D eigenvalue weighted by Crippen LogP contribution is -1.92. The average Bonchev–Trinajstić information content (AvgIpc) is 1.89. The van der Waals surface area contributed by atoms with Gasteiger partial charge in [-0.2, -0.15) is 0 Å². The summed E-state index contributed by atoms with van der Waals surface area (Å²) < 4.78 is 4.90. The standard InChI is InChI=1S/C8H15NO/c1-8(7-10-2)5-3-4-6-9/h3-5H,6-7,9H2,1-2H3/b4-3-,8-5+. The molecule has 0 aromatic rings. The molecule has 0 aromatic heterocycles. The van der Waals surface area contributed by atoms with Crippen molar-refractivity contribution in [3.63, 3.8) is 0 Å². The molecule has 0 aromatic carbocycles. The molecule has 0 spiro atoms. The number of nitrogens with two attached hydrogens (primary N) is 1. The molecule has 0 saturated heterocycles. The van der Waals surface area contributed by atoms with Crippen LogP contribution in [0.3, 0.4) is 0 Å². The van der Waals surface area contributed by atoms with E-state index in [0.717, 1.165) is 0 Å². The normalized spacial score (nSPS) is 12.9. The molecule has 0 unspecified atom stereocenters. The third kappa shape index (κ3) is 5.54. The maximum Gasteiger partial charge on any atom is 0.0673 e. The molecule has 58 valence electrons. The summed E-state index contributed by atoms with van der Waals surface area (Å²) >= 11 is 0. The maximum absolute atomic E-state index is 5.24. The van der Waals surface area contributed by atoms with Gasteiger partial charge in [0.05, 0.1) is 6.61 Å². The molecule has 0 heterocycles. The van der Waals surface area contributed by atoms with Crippen molar-refractivity contribution in [2.75, 3.05) is 20.3 Å². The lowest BCUT2D eigenvalue weighted by atomic mass is 10.3. The second kappa shape index (κ2) is 6.52. The molecule has 0 aliphatic carbocycles. The van der Waals surface area contributed by atoms with E-state index in [9.17, 15) is 0 Å². The Morgan fingerprint density at radius 1 is 1.60 bits per heavy atom. The fourth-order valence-electron chi connectivity index (χ4n) is 0.587. The van der Waals surface area contributed by atoms with Gasteiger partial charge in [0.2, 0.25) is 0 Å². The quantitative estimate of drug-likeness (QED) is 0.595. The van der Waals surface area contributed by atoms with Crippen LogP contribution in [0.2, 0.25) is 0 Å². The second-order valence-electron chi connectivity index (χ2n) is 2.11. The Morgan fingerprint density at radius 3 is 2.80 bits per heavy atom.